The quantitative estimate of drug-likeness (QED) is 0.603. The van der Waals surface area contributed by atoms with Crippen molar-refractivity contribution in [3.63, 3.8) is 0 Å². The first-order valence-electron chi connectivity index (χ1n) is 7.06. The van der Waals surface area contributed by atoms with Gasteiger partial charge in [-0.15, -0.1) is 0 Å². The van der Waals surface area contributed by atoms with Crippen LogP contribution >= 0.6 is 11.6 Å². The molecule has 1 saturated heterocycles. The van der Waals surface area contributed by atoms with E-state index < -0.39 is 0 Å². The van der Waals surface area contributed by atoms with Gasteiger partial charge in [0.2, 0.25) is 0 Å². The second-order valence-electron chi connectivity index (χ2n) is 7.08. The van der Waals surface area contributed by atoms with Gasteiger partial charge in [0, 0.05) is 23.3 Å². The molecule has 3 N–H and O–H groups in total. The molecule has 1 fully saturated rings. The Morgan fingerprint density at radius 1 is 1.30 bits per heavy atom. The van der Waals surface area contributed by atoms with E-state index in [2.05, 4.69) is 50.0 Å². The lowest BCUT2D eigenvalue weighted by molar-refractivity contribution is -0.0214. The third-order valence-electron chi connectivity index (χ3n) is 4.63. The van der Waals surface area contributed by atoms with Crippen molar-refractivity contribution in [3.8, 4) is 0 Å². The van der Waals surface area contributed by atoms with Crippen molar-refractivity contribution in [2.75, 3.05) is 7.05 Å². The maximum Gasteiger partial charge on any atom is 0.146 e. The fourth-order valence-corrected chi connectivity index (χ4v) is 3.48. The molecule has 0 spiro atoms. The minimum Gasteiger partial charge on any atom is -0.296 e. The summed E-state index contributed by atoms with van der Waals surface area (Å²) in [7, 11) is 2.20. The Morgan fingerprint density at radius 2 is 1.85 bits per heavy atom. The predicted octanol–water partition coefficient (Wildman–Crippen LogP) is 1.85. The average molecular weight is 300 g/mol. The monoisotopic (exact) mass is 299 g/mol. The summed E-state index contributed by atoms with van der Waals surface area (Å²) >= 11 is 5.84. The Hall–Kier alpha value is -0.620. The van der Waals surface area contributed by atoms with Gasteiger partial charge in [-0.2, -0.15) is 0 Å². The Labute approximate surface area is 126 Å². The van der Waals surface area contributed by atoms with Gasteiger partial charge in [0.15, 0.2) is 0 Å². The van der Waals surface area contributed by atoms with Crippen molar-refractivity contribution in [3.05, 3.63) is 11.4 Å². The van der Waals surface area contributed by atoms with Crippen LogP contribution in [0.1, 0.15) is 40.5 Å². The van der Waals surface area contributed by atoms with Gasteiger partial charge in [0.05, 0.1) is 6.20 Å². The maximum atomic E-state index is 5.96. The fraction of sp³-hybridized carbons (Fsp3) is 0.786. The van der Waals surface area contributed by atoms with Crippen molar-refractivity contribution < 1.29 is 0 Å². The lowest BCUT2D eigenvalue weighted by Gasteiger charge is -2.54. The van der Waals surface area contributed by atoms with Gasteiger partial charge >= 0.3 is 0 Å². The van der Waals surface area contributed by atoms with Crippen LogP contribution in [0.2, 0.25) is 0 Å². The molecule has 0 radical (unpaired) electrons. The van der Waals surface area contributed by atoms with Crippen molar-refractivity contribution in [1.29, 1.82) is 0 Å². The lowest BCUT2D eigenvalue weighted by Crippen LogP contribution is -2.64. The van der Waals surface area contributed by atoms with Crippen LogP contribution in [0, 0.1) is 0 Å². The highest BCUT2D eigenvalue weighted by Crippen LogP contribution is 2.37. The molecular formula is C14H26ClN5. The molecule has 5 nitrogen and oxygen atoms in total. The van der Waals surface area contributed by atoms with Gasteiger partial charge in [-0.25, -0.2) is 10.8 Å². The van der Waals surface area contributed by atoms with E-state index in [-0.39, 0.29) is 17.2 Å². The van der Waals surface area contributed by atoms with Crippen LogP contribution in [0.3, 0.4) is 0 Å². The number of halogens is 1. The first-order chi connectivity index (χ1) is 9.12. The minimum absolute atomic E-state index is 0.0995. The summed E-state index contributed by atoms with van der Waals surface area (Å²) < 4.78 is 0. The molecule has 0 aromatic rings. The number of likely N-dealkylation sites (tertiary alicyclic amines) is 1. The second-order valence-corrected chi connectivity index (χ2v) is 7.47. The van der Waals surface area contributed by atoms with Gasteiger partial charge in [-0.3, -0.25) is 15.2 Å². The van der Waals surface area contributed by atoms with Crippen molar-refractivity contribution >= 4 is 17.8 Å². The number of hydrazine groups is 1. The van der Waals surface area contributed by atoms with Crippen LogP contribution in [0.4, 0.5) is 0 Å². The van der Waals surface area contributed by atoms with E-state index in [0.29, 0.717) is 11.2 Å². The van der Waals surface area contributed by atoms with Gasteiger partial charge in [0.25, 0.3) is 0 Å². The molecular weight excluding hydrogens is 274 g/mol. The summed E-state index contributed by atoms with van der Waals surface area (Å²) in [6.07, 6.45) is 5.45. The van der Waals surface area contributed by atoms with E-state index in [1.54, 1.807) is 17.4 Å². The van der Waals surface area contributed by atoms with Gasteiger partial charge in [-0.05, 0) is 47.6 Å². The molecule has 0 aromatic heterocycles. The number of hydrogen-bond acceptors (Lipinski definition) is 5. The Balaban J connectivity index is 2.06. The number of rotatable bonds is 2. The summed E-state index contributed by atoms with van der Waals surface area (Å²) in [5.74, 6) is 5.96. The largest absolute Gasteiger partial charge is 0.296 e. The first-order valence-corrected chi connectivity index (χ1v) is 7.44. The summed E-state index contributed by atoms with van der Waals surface area (Å²) in [6, 6.07) is 0.393. The van der Waals surface area contributed by atoms with E-state index in [0.717, 1.165) is 12.8 Å². The van der Waals surface area contributed by atoms with Gasteiger partial charge < -0.3 is 0 Å². The standard InChI is InChI=1S/C14H26ClN5/c1-13(2)6-10(7-14(3,4)19(13)5)18-12-8-17-11(15)9-20(12)16/h8-10,12,18H,6-7,16H2,1-5H3. The molecule has 114 valence electrons. The molecule has 20 heavy (non-hydrogen) atoms. The predicted molar refractivity (Wildman–Crippen MR) is 84.3 cm³/mol. The molecule has 2 aliphatic rings. The Morgan fingerprint density at radius 3 is 2.35 bits per heavy atom. The SMILES string of the molecule is CN1C(C)(C)CC(NC2C=NC(Cl)=CN2N)CC1(C)C. The van der Waals surface area contributed by atoms with Gasteiger partial charge in [0.1, 0.15) is 11.3 Å². The molecule has 0 aromatic carbocycles. The summed E-state index contributed by atoms with van der Waals surface area (Å²) in [6.45, 7) is 9.14. The molecule has 0 amide bonds. The minimum atomic E-state index is -0.0995. The number of aliphatic imine (C=N–C) groups is 1. The molecule has 1 atom stereocenters. The zero-order chi connectivity index (χ0) is 15.1. The second kappa shape index (κ2) is 5.30. The molecule has 0 aliphatic carbocycles. The molecule has 2 aliphatic heterocycles. The van der Waals surface area contributed by atoms with Crippen LogP contribution in [0.15, 0.2) is 16.3 Å². The van der Waals surface area contributed by atoms with Crippen LogP contribution in [-0.2, 0) is 0 Å². The smallest absolute Gasteiger partial charge is 0.146 e. The van der Waals surface area contributed by atoms with Crippen LogP contribution in [0.5, 0.6) is 0 Å². The van der Waals surface area contributed by atoms with E-state index in [9.17, 15) is 0 Å². The molecule has 2 rings (SSSR count). The summed E-state index contributed by atoms with van der Waals surface area (Å²) in [4.78, 5) is 6.58. The molecule has 0 bridgehead atoms. The van der Waals surface area contributed by atoms with Gasteiger partial charge in [-0.1, -0.05) is 11.6 Å². The zero-order valence-electron chi connectivity index (χ0n) is 13.0. The van der Waals surface area contributed by atoms with Crippen LogP contribution < -0.4 is 11.2 Å². The highest BCUT2D eigenvalue weighted by Gasteiger charge is 2.43. The highest BCUT2D eigenvalue weighted by molar-refractivity contribution is 6.29. The molecule has 2 heterocycles. The summed E-state index contributed by atoms with van der Waals surface area (Å²) in [5.41, 5.74) is 0.302. The molecule has 1 unspecified atom stereocenters. The lowest BCUT2D eigenvalue weighted by atomic mass is 9.77. The fourth-order valence-electron chi connectivity index (χ4n) is 3.32. The maximum absolute atomic E-state index is 5.96. The van der Waals surface area contributed by atoms with Crippen molar-refractivity contribution in [2.24, 2.45) is 10.8 Å². The number of piperidine rings is 1. The van der Waals surface area contributed by atoms with Crippen molar-refractivity contribution in [1.82, 2.24) is 15.2 Å². The van der Waals surface area contributed by atoms with E-state index in [1.807, 2.05) is 0 Å². The molecule has 6 heteroatoms. The first kappa shape index (κ1) is 15.8. The zero-order valence-corrected chi connectivity index (χ0v) is 13.8. The third kappa shape index (κ3) is 3.17. The Kier molecular flexibility index (Phi) is 4.17. The van der Waals surface area contributed by atoms with Crippen molar-refractivity contribution in [2.45, 2.75) is 63.8 Å². The van der Waals surface area contributed by atoms with E-state index >= 15 is 0 Å². The highest BCUT2D eigenvalue weighted by atomic mass is 35.5. The van der Waals surface area contributed by atoms with E-state index in [4.69, 9.17) is 17.4 Å². The topological polar surface area (TPSA) is 56.9 Å². The number of nitrogens with zero attached hydrogens (tertiary/aromatic N) is 3. The van der Waals surface area contributed by atoms with Crippen LogP contribution in [-0.4, -0.2) is 46.5 Å². The summed E-state index contributed by atoms with van der Waals surface area (Å²) in [5, 5.41) is 5.57. The average Bonchev–Trinajstić information content (AvgIpc) is 2.29. The van der Waals surface area contributed by atoms with E-state index in [1.165, 1.54) is 0 Å². The molecule has 0 saturated carbocycles. The Bertz CT molecular complexity index is 411. The third-order valence-corrected chi connectivity index (χ3v) is 4.83. The normalized spacial score (nSPS) is 30.4. The number of nitrogens with one attached hydrogen (secondary N) is 1. The number of hydrogen-bond donors (Lipinski definition) is 2. The van der Waals surface area contributed by atoms with Crippen LogP contribution in [0.25, 0.3) is 0 Å². The number of nitrogens with two attached hydrogens (primary N) is 1.